The molecule has 3 aromatic rings. The molecular weight excluding hydrogens is 502 g/mol. The van der Waals surface area contributed by atoms with E-state index in [1.165, 1.54) is 23.1 Å². The molecule has 0 unspecified atom stereocenters. The van der Waals surface area contributed by atoms with Crippen molar-refractivity contribution in [3.8, 4) is 5.75 Å². The highest BCUT2D eigenvalue weighted by atomic mass is 32.1. The summed E-state index contributed by atoms with van der Waals surface area (Å²) in [6.45, 7) is 5.29. The minimum Gasteiger partial charge on any atom is -0.486 e. The van der Waals surface area contributed by atoms with Crippen molar-refractivity contribution in [2.24, 2.45) is 0 Å². The Morgan fingerprint density at radius 2 is 1.89 bits per heavy atom. The van der Waals surface area contributed by atoms with Crippen LogP contribution in [0.15, 0.2) is 34.7 Å². The molecule has 12 heteroatoms. The molecular formula is C25H27N3O8S. The average molecular weight is 530 g/mol. The number of nitrogens with one attached hydrogen (secondary N) is 1. The van der Waals surface area contributed by atoms with Crippen molar-refractivity contribution in [2.75, 3.05) is 26.0 Å². The third-order valence-electron chi connectivity index (χ3n) is 5.25. The molecule has 11 nitrogen and oxygen atoms in total. The summed E-state index contributed by atoms with van der Waals surface area (Å²) in [4.78, 5) is 50.4. The molecule has 196 valence electrons. The first-order chi connectivity index (χ1) is 17.5. The number of benzene rings is 1. The van der Waals surface area contributed by atoms with Gasteiger partial charge in [-0.25, -0.2) is 4.79 Å². The summed E-state index contributed by atoms with van der Waals surface area (Å²) in [5, 5.41) is 13.8. The van der Waals surface area contributed by atoms with Crippen LogP contribution in [0.2, 0.25) is 0 Å². The van der Waals surface area contributed by atoms with Crippen LogP contribution < -0.4 is 10.1 Å². The van der Waals surface area contributed by atoms with Gasteiger partial charge in [0.2, 0.25) is 0 Å². The summed E-state index contributed by atoms with van der Waals surface area (Å²) in [6.07, 6.45) is 0.622. The highest BCUT2D eigenvalue weighted by Crippen LogP contribution is 2.35. The Bertz CT molecular complexity index is 1340. The first-order valence-electron chi connectivity index (χ1n) is 11.3. The number of amides is 2. The molecule has 0 aliphatic carbocycles. The van der Waals surface area contributed by atoms with Crippen LogP contribution >= 0.6 is 11.3 Å². The number of furan rings is 1. The number of carbonyl (C=O) groups excluding carboxylic acids is 3. The van der Waals surface area contributed by atoms with Crippen LogP contribution in [0, 0.1) is 24.0 Å². The molecule has 0 aliphatic heterocycles. The average Bonchev–Trinajstić information content (AvgIpc) is 3.45. The number of rotatable bonds is 10. The van der Waals surface area contributed by atoms with Crippen LogP contribution in [0.4, 0.5) is 10.7 Å². The van der Waals surface area contributed by atoms with Gasteiger partial charge in [-0.2, -0.15) is 0 Å². The largest absolute Gasteiger partial charge is 0.486 e. The number of nitro benzene ring substituents is 1. The van der Waals surface area contributed by atoms with Crippen molar-refractivity contribution in [1.29, 1.82) is 0 Å². The summed E-state index contributed by atoms with van der Waals surface area (Å²) in [7, 11) is 3.19. The molecule has 0 bridgehead atoms. The van der Waals surface area contributed by atoms with E-state index in [1.54, 1.807) is 40.1 Å². The van der Waals surface area contributed by atoms with E-state index >= 15 is 0 Å². The summed E-state index contributed by atoms with van der Waals surface area (Å²) in [6, 6.07) is 7.39. The molecule has 0 atom stereocenters. The maximum atomic E-state index is 12.9. The molecule has 1 N–H and O–H groups in total. The fourth-order valence-electron chi connectivity index (χ4n) is 3.34. The Hall–Kier alpha value is -4.19. The van der Waals surface area contributed by atoms with E-state index < -0.39 is 16.8 Å². The zero-order chi connectivity index (χ0) is 27.3. The molecule has 0 radical (unpaired) electrons. The molecule has 0 saturated carbocycles. The van der Waals surface area contributed by atoms with Crippen molar-refractivity contribution in [2.45, 2.75) is 33.8 Å². The Kier molecular flexibility index (Phi) is 8.66. The lowest BCUT2D eigenvalue weighted by atomic mass is 10.1. The van der Waals surface area contributed by atoms with Crippen LogP contribution in [0.3, 0.4) is 0 Å². The first kappa shape index (κ1) is 27.4. The number of nitrogens with zero attached hydrogens (tertiary/aromatic N) is 2. The van der Waals surface area contributed by atoms with Gasteiger partial charge in [-0.1, -0.05) is 6.92 Å². The van der Waals surface area contributed by atoms with Gasteiger partial charge in [-0.05, 0) is 50.1 Å². The third-order valence-corrected chi connectivity index (χ3v) is 6.44. The van der Waals surface area contributed by atoms with Gasteiger partial charge >= 0.3 is 5.97 Å². The van der Waals surface area contributed by atoms with Crippen LogP contribution in [0.5, 0.6) is 5.75 Å². The number of ether oxygens (including phenoxy) is 2. The Balaban J connectivity index is 1.76. The Morgan fingerprint density at radius 3 is 2.51 bits per heavy atom. The van der Waals surface area contributed by atoms with Gasteiger partial charge in [0, 0.05) is 25.7 Å². The third kappa shape index (κ3) is 6.33. The summed E-state index contributed by atoms with van der Waals surface area (Å²) in [5.41, 5.74) is 0.989. The van der Waals surface area contributed by atoms with Crippen molar-refractivity contribution >= 4 is 39.8 Å². The molecule has 0 saturated heterocycles. The van der Waals surface area contributed by atoms with E-state index in [1.807, 2.05) is 6.92 Å². The Labute approximate surface area is 217 Å². The molecule has 2 aromatic heterocycles. The zero-order valence-corrected chi connectivity index (χ0v) is 21.9. The second kappa shape index (κ2) is 11.7. The summed E-state index contributed by atoms with van der Waals surface area (Å²) in [5.74, 6) is -0.825. The smallest absolute Gasteiger partial charge is 0.341 e. The summed E-state index contributed by atoms with van der Waals surface area (Å²) >= 11 is 0.988. The van der Waals surface area contributed by atoms with E-state index in [-0.39, 0.29) is 41.1 Å². The standard InChI is InChI=1S/C25H27N3O8S/c1-6-11-34-25(31)20-15(3)21(24(30)27(4)5)37-23(20)26-22(29)19-10-8-17(36-19)13-35-16-7-9-18(28(32)33)14(2)12-16/h7-10,12H,6,11,13H2,1-5H3,(H,26,29). The number of hydrogen-bond donors (Lipinski definition) is 1. The maximum absolute atomic E-state index is 12.9. The topological polar surface area (TPSA) is 141 Å². The van der Waals surface area contributed by atoms with Gasteiger partial charge in [0.05, 0.1) is 22.0 Å². The molecule has 0 spiro atoms. The lowest BCUT2D eigenvalue weighted by Gasteiger charge is -2.09. The number of hydrogen-bond acceptors (Lipinski definition) is 9. The van der Waals surface area contributed by atoms with Crippen LogP contribution in [0.1, 0.15) is 60.8 Å². The number of anilines is 1. The van der Waals surface area contributed by atoms with Crippen molar-refractivity contribution in [3.63, 3.8) is 0 Å². The highest BCUT2D eigenvalue weighted by molar-refractivity contribution is 7.18. The van der Waals surface area contributed by atoms with Crippen molar-refractivity contribution < 1.29 is 33.2 Å². The van der Waals surface area contributed by atoms with E-state index in [2.05, 4.69) is 5.32 Å². The molecule has 37 heavy (non-hydrogen) atoms. The zero-order valence-electron chi connectivity index (χ0n) is 21.1. The fourth-order valence-corrected chi connectivity index (χ4v) is 4.55. The lowest BCUT2D eigenvalue weighted by molar-refractivity contribution is -0.385. The maximum Gasteiger partial charge on any atom is 0.341 e. The minimum atomic E-state index is -0.629. The van der Waals surface area contributed by atoms with Gasteiger partial charge in [-0.15, -0.1) is 11.3 Å². The normalized spacial score (nSPS) is 10.6. The van der Waals surface area contributed by atoms with Gasteiger partial charge in [0.25, 0.3) is 17.5 Å². The first-order valence-corrected chi connectivity index (χ1v) is 12.1. The van der Waals surface area contributed by atoms with Crippen molar-refractivity contribution in [3.05, 3.63) is 73.5 Å². The van der Waals surface area contributed by atoms with Gasteiger partial charge in [0.15, 0.2) is 5.76 Å². The van der Waals surface area contributed by atoms with Gasteiger partial charge < -0.3 is 24.1 Å². The second-order valence-corrected chi connectivity index (χ2v) is 9.33. The number of carbonyl (C=O) groups is 3. The SMILES string of the molecule is CCCOC(=O)c1c(NC(=O)c2ccc(COc3ccc([N+](=O)[O-])c(C)c3)o2)sc(C(=O)N(C)C)c1C. The van der Waals surface area contributed by atoms with E-state index in [0.717, 1.165) is 11.3 Å². The number of nitro groups is 1. The fraction of sp³-hybridized carbons (Fsp3) is 0.320. The van der Waals surface area contributed by atoms with Crippen LogP contribution in [-0.2, 0) is 11.3 Å². The van der Waals surface area contributed by atoms with Gasteiger partial charge in [0.1, 0.15) is 23.1 Å². The molecule has 0 aliphatic rings. The van der Waals surface area contributed by atoms with Crippen LogP contribution in [0.25, 0.3) is 0 Å². The highest BCUT2D eigenvalue weighted by Gasteiger charge is 2.28. The minimum absolute atomic E-state index is 0.0125. The monoisotopic (exact) mass is 529 g/mol. The quantitative estimate of drug-likeness (QED) is 0.221. The van der Waals surface area contributed by atoms with Gasteiger partial charge in [-0.3, -0.25) is 19.7 Å². The Morgan fingerprint density at radius 1 is 1.16 bits per heavy atom. The number of esters is 1. The molecule has 2 heterocycles. The summed E-state index contributed by atoms with van der Waals surface area (Å²) < 4.78 is 16.5. The van der Waals surface area contributed by atoms with E-state index in [9.17, 15) is 24.5 Å². The molecule has 3 rings (SSSR count). The van der Waals surface area contributed by atoms with Crippen molar-refractivity contribution in [1.82, 2.24) is 4.90 Å². The number of aryl methyl sites for hydroxylation is 1. The van der Waals surface area contributed by atoms with E-state index in [0.29, 0.717) is 33.9 Å². The molecule has 0 fully saturated rings. The molecule has 1 aromatic carbocycles. The second-order valence-electron chi connectivity index (χ2n) is 8.31. The van der Waals surface area contributed by atoms with E-state index in [4.69, 9.17) is 13.9 Å². The number of thiophene rings is 1. The molecule has 2 amide bonds. The van der Waals surface area contributed by atoms with Crippen LogP contribution in [-0.4, -0.2) is 48.3 Å². The predicted molar refractivity (Wildman–Crippen MR) is 136 cm³/mol. The lowest BCUT2D eigenvalue weighted by Crippen LogP contribution is -2.21. The predicted octanol–water partition coefficient (Wildman–Crippen LogP) is 4.97.